The minimum atomic E-state index is -0.822. The van der Waals surface area contributed by atoms with Crippen LogP contribution in [0, 0.1) is 0 Å². The molecule has 2 unspecified atom stereocenters. The lowest BCUT2D eigenvalue weighted by atomic mass is 10.2. The van der Waals surface area contributed by atoms with Crippen LogP contribution in [-0.4, -0.2) is 34.3 Å². The predicted molar refractivity (Wildman–Crippen MR) is 53.1 cm³/mol. The third-order valence-electron chi connectivity index (χ3n) is 2.00. The van der Waals surface area contributed by atoms with Gasteiger partial charge in [-0.3, -0.25) is 0 Å². The molecular formula is C9H16O3S. The Balaban J connectivity index is 2.21. The van der Waals surface area contributed by atoms with E-state index < -0.39 is 12.1 Å². The van der Waals surface area contributed by atoms with E-state index in [0.717, 1.165) is 12.2 Å². The summed E-state index contributed by atoms with van der Waals surface area (Å²) in [5.74, 6) is 0.0959. The van der Waals surface area contributed by atoms with E-state index in [1.165, 1.54) is 0 Å². The van der Waals surface area contributed by atoms with Gasteiger partial charge in [0.15, 0.2) is 6.10 Å². The molecule has 0 aromatic rings. The maximum Gasteiger partial charge on any atom is 0.332 e. The summed E-state index contributed by atoms with van der Waals surface area (Å²) < 4.78 is 5.35. The first-order valence-electron chi connectivity index (χ1n) is 4.59. The molecule has 0 radical (unpaired) electrons. The monoisotopic (exact) mass is 204 g/mol. The molecule has 1 aliphatic heterocycles. The van der Waals surface area contributed by atoms with Crippen molar-refractivity contribution in [3.05, 3.63) is 0 Å². The maximum atomic E-state index is 10.6. The molecule has 0 aromatic carbocycles. The third-order valence-corrected chi connectivity index (χ3v) is 3.23. The number of hydrogen-bond acceptors (Lipinski definition) is 3. The minimum absolute atomic E-state index is 0.147. The Hall–Kier alpha value is -0.220. The van der Waals surface area contributed by atoms with Crippen molar-refractivity contribution in [3.63, 3.8) is 0 Å². The number of carbonyl (C=O) groups is 1. The van der Waals surface area contributed by atoms with Gasteiger partial charge < -0.3 is 9.84 Å². The van der Waals surface area contributed by atoms with Gasteiger partial charge in [0.1, 0.15) is 0 Å². The molecule has 1 heterocycles. The van der Waals surface area contributed by atoms with Crippen LogP contribution in [0.25, 0.3) is 0 Å². The van der Waals surface area contributed by atoms with E-state index >= 15 is 0 Å². The van der Waals surface area contributed by atoms with E-state index in [1.54, 1.807) is 0 Å². The summed E-state index contributed by atoms with van der Waals surface area (Å²) in [7, 11) is 0. The van der Waals surface area contributed by atoms with Crippen LogP contribution in [0.5, 0.6) is 0 Å². The highest BCUT2D eigenvalue weighted by Crippen LogP contribution is 2.24. The molecule has 1 aliphatic rings. The topological polar surface area (TPSA) is 46.5 Å². The highest BCUT2D eigenvalue weighted by atomic mass is 32.2. The van der Waals surface area contributed by atoms with Crippen molar-refractivity contribution in [2.24, 2.45) is 0 Å². The van der Waals surface area contributed by atoms with Crippen LogP contribution in [0.1, 0.15) is 26.7 Å². The zero-order valence-electron chi connectivity index (χ0n) is 8.03. The lowest BCUT2D eigenvalue weighted by Crippen LogP contribution is -2.21. The molecule has 2 atom stereocenters. The van der Waals surface area contributed by atoms with Crippen molar-refractivity contribution >= 4 is 17.7 Å². The van der Waals surface area contributed by atoms with Crippen molar-refractivity contribution in [1.29, 1.82) is 0 Å². The molecule has 0 aromatic heterocycles. The number of rotatable bonds is 4. The standard InChI is InChI=1S/C9H16O3S/c1-6(2)13-5-7-3-4-8(12-7)9(10)11/h6-8H,3-5H2,1-2H3,(H,10,11). The average molecular weight is 204 g/mol. The Morgan fingerprint density at radius 1 is 1.62 bits per heavy atom. The number of thioether (sulfide) groups is 1. The van der Waals surface area contributed by atoms with Gasteiger partial charge in [-0.15, -0.1) is 0 Å². The highest BCUT2D eigenvalue weighted by molar-refractivity contribution is 7.99. The summed E-state index contributed by atoms with van der Waals surface area (Å²) >= 11 is 1.82. The van der Waals surface area contributed by atoms with Gasteiger partial charge in [0, 0.05) is 5.75 Å². The fourth-order valence-electron chi connectivity index (χ4n) is 1.31. The summed E-state index contributed by atoms with van der Waals surface area (Å²) in [6.45, 7) is 4.27. The van der Waals surface area contributed by atoms with E-state index in [9.17, 15) is 4.79 Å². The second kappa shape index (κ2) is 4.86. The van der Waals surface area contributed by atoms with Crippen LogP contribution in [0.3, 0.4) is 0 Å². The zero-order valence-corrected chi connectivity index (χ0v) is 8.84. The fraction of sp³-hybridized carbons (Fsp3) is 0.889. The number of carboxylic acid groups (broad SMARTS) is 1. The van der Waals surface area contributed by atoms with Crippen LogP contribution < -0.4 is 0 Å². The molecule has 0 aliphatic carbocycles. The van der Waals surface area contributed by atoms with Gasteiger partial charge in [-0.1, -0.05) is 13.8 Å². The van der Waals surface area contributed by atoms with E-state index in [0.29, 0.717) is 11.7 Å². The number of aliphatic carboxylic acids is 1. The largest absolute Gasteiger partial charge is 0.479 e. The van der Waals surface area contributed by atoms with E-state index in [4.69, 9.17) is 9.84 Å². The molecule has 0 saturated carbocycles. The van der Waals surface area contributed by atoms with E-state index in [1.807, 2.05) is 11.8 Å². The van der Waals surface area contributed by atoms with Crippen molar-refractivity contribution in [2.45, 2.75) is 44.1 Å². The molecule has 0 bridgehead atoms. The average Bonchev–Trinajstić information content (AvgIpc) is 2.48. The molecule has 76 valence electrons. The highest BCUT2D eigenvalue weighted by Gasteiger charge is 2.30. The molecule has 1 saturated heterocycles. The van der Waals surface area contributed by atoms with Crippen LogP contribution >= 0.6 is 11.8 Å². The molecule has 1 fully saturated rings. The SMILES string of the molecule is CC(C)SCC1CCC(C(=O)O)O1. The van der Waals surface area contributed by atoms with Gasteiger partial charge in [-0.05, 0) is 18.1 Å². The molecule has 13 heavy (non-hydrogen) atoms. The van der Waals surface area contributed by atoms with Gasteiger partial charge in [0.05, 0.1) is 6.10 Å². The molecule has 1 N–H and O–H groups in total. The fourth-order valence-corrected chi connectivity index (χ4v) is 2.15. The second-order valence-electron chi connectivity index (χ2n) is 3.54. The van der Waals surface area contributed by atoms with Gasteiger partial charge in [-0.2, -0.15) is 11.8 Å². The molecule has 0 spiro atoms. The normalized spacial score (nSPS) is 28.2. The summed E-state index contributed by atoms with van der Waals surface area (Å²) in [6, 6.07) is 0. The number of hydrogen-bond donors (Lipinski definition) is 1. The van der Waals surface area contributed by atoms with Crippen molar-refractivity contribution in [1.82, 2.24) is 0 Å². The maximum absolute atomic E-state index is 10.6. The first-order valence-corrected chi connectivity index (χ1v) is 5.64. The lowest BCUT2D eigenvalue weighted by molar-refractivity contribution is -0.148. The quantitative estimate of drug-likeness (QED) is 0.758. The van der Waals surface area contributed by atoms with Crippen molar-refractivity contribution in [3.8, 4) is 0 Å². The van der Waals surface area contributed by atoms with Crippen molar-refractivity contribution < 1.29 is 14.6 Å². The summed E-state index contributed by atoms with van der Waals surface area (Å²) in [5, 5.41) is 9.27. The molecular weight excluding hydrogens is 188 g/mol. The lowest BCUT2D eigenvalue weighted by Gasteiger charge is -2.11. The molecule has 1 rings (SSSR count). The second-order valence-corrected chi connectivity index (χ2v) is 5.15. The first kappa shape index (κ1) is 10.9. The van der Waals surface area contributed by atoms with E-state index in [2.05, 4.69) is 13.8 Å². The van der Waals surface area contributed by atoms with Crippen LogP contribution in [0.2, 0.25) is 0 Å². The summed E-state index contributed by atoms with van der Waals surface area (Å²) in [4.78, 5) is 10.6. The molecule has 3 nitrogen and oxygen atoms in total. The molecule has 4 heteroatoms. The molecule has 0 amide bonds. The summed E-state index contributed by atoms with van der Waals surface area (Å²) in [6.07, 6.45) is 1.14. The number of ether oxygens (including phenoxy) is 1. The Bertz CT molecular complexity index is 182. The van der Waals surface area contributed by atoms with Crippen LogP contribution in [0.4, 0.5) is 0 Å². The van der Waals surface area contributed by atoms with Gasteiger partial charge >= 0.3 is 5.97 Å². The van der Waals surface area contributed by atoms with Crippen molar-refractivity contribution in [2.75, 3.05) is 5.75 Å². The van der Waals surface area contributed by atoms with Gasteiger partial charge in [-0.25, -0.2) is 4.79 Å². The van der Waals surface area contributed by atoms with Crippen LogP contribution in [-0.2, 0) is 9.53 Å². The Morgan fingerprint density at radius 3 is 2.77 bits per heavy atom. The number of carboxylic acids is 1. The van der Waals surface area contributed by atoms with Gasteiger partial charge in [0.2, 0.25) is 0 Å². The third kappa shape index (κ3) is 3.56. The smallest absolute Gasteiger partial charge is 0.332 e. The predicted octanol–water partition coefficient (Wildman–Crippen LogP) is 1.76. The van der Waals surface area contributed by atoms with E-state index in [-0.39, 0.29) is 6.10 Å². The first-order chi connectivity index (χ1) is 6.09. The zero-order chi connectivity index (χ0) is 9.84. The Labute approximate surface area is 82.8 Å². The summed E-state index contributed by atoms with van der Waals surface area (Å²) in [5.41, 5.74) is 0. The Morgan fingerprint density at radius 2 is 2.31 bits per heavy atom. The van der Waals surface area contributed by atoms with Crippen LogP contribution in [0.15, 0.2) is 0 Å². The minimum Gasteiger partial charge on any atom is -0.479 e. The Kier molecular flexibility index (Phi) is 4.06. The van der Waals surface area contributed by atoms with Gasteiger partial charge in [0.25, 0.3) is 0 Å².